The van der Waals surface area contributed by atoms with E-state index in [1.807, 2.05) is 24.3 Å². The zero-order valence-electron chi connectivity index (χ0n) is 13.3. The minimum Gasteiger partial charge on any atom is -0.426 e. The molecule has 2 aromatic carbocycles. The van der Waals surface area contributed by atoms with Crippen LogP contribution in [-0.2, 0) is 9.53 Å². The molecule has 1 aliphatic carbocycles. The van der Waals surface area contributed by atoms with E-state index < -0.39 is 0 Å². The van der Waals surface area contributed by atoms with Crippen molar-refractivity contribution in [2.45, 2.75) is 18.3 Å². The van der Waals surface area contributed by atoms with E-state index in [9.17, 15) is 4.79 Å². The summed E-state index contributed by atoms with van der Waals surface area (Å²) in [6.07, 6.45) is 0.796. The van der Waals surface area contributed by atoms with Crippen LogP contribution in [0.5, 0.6) is 5.75 Å². The number of hydrogen-bond donors (Lipinski definition) is 0. The van der Waals surface area contributed by atoms with E-state index in [0.29, 0.717) is 19.0 Å². The largest absolute Gasteiger partial charge is 0.426 e. The van der Waals surface area contributed by atoms with Crippen molar-refractivity contribution in [2.24, 2.45) is 5.92 Å². The maximum absolute atomic E-state index is 12.7. The van der Waals surface area contributed by atoms with E-state index in [1.165, 1.54) is 16.7 Å². The molecule has 0 spiro atoms. The number of benzene rings is 2. The van der Waals surface area contributed by atoms with Gasteiger partial charge in [0.1, 0.15) is 5.75 Å². The Labute approximate surface area is 140 Å². The second-order valence-corrected chi connectivity index (χ2v) is 6.79. The molecule has 0 aromatic heterocycles. The van der Waals surface area contributed by atoms with Crippen LogP contribution in [0.1, 0.15) is 29.4 Å². The Bertz CT molecular complexity index is 837. The molecule has 0 fully saturated rings. The molecule has 0 saturated heterocycles. The standard InChI is InChI=1S/C21H18O3/c22-21-16-10-15(13-6-2-1-3-7-13)17-11-23-12-18(17)20(16)14-8-4-5-9-19(14)24-21/h1-9,15-16,20H,10-12H2/t15-,16-,20-/m1/s1. The third-order valence-electron chi connectivity index (χ3n) is 5.58. The van der Waals surface area contributed by atoms with Gasteiger partial charge in [0.2, 0.25) is 0 Å². The molecule has 0 radical (unpaired) electrons. The normalized spacial score (nSPS) is 28.0. The molecule has 5 rings (SSSR count). The van der Waals surface area contributed by atoms with E-state index >= 15 is 0 Å². The molecule has 0 bridgehead atoms. The molecule has 24 heavy (non-hydrogen) atoms. The lowest BCUT2D eigenvalue weighted by atomic mass is 9.66. The van der Waals surface area contributed by atoms with Crippen molar-refractivity contribution in [2.75, 3.05) is 13.2 Å². The first-order valence-electron chi connectivity index (χ1n) is 8.48. The van der Waals surface area contributed by atoms with Crippen LogP contribution in [0.25, 0.3) is 0 Å². The third-order valence-corrected chi connectivity index (χ3v) is 5.58. The van der Waals surface area contributed by atoms with Gasteiger partial charge in [0, 0.05) is 17.4 Å². The lowest BCUT2D eigenvalue weighted by Crippen LogP contribution is -2.37. The third kappa shape index (κ3) is 1.98. The van der Waals surface area contributed by atoms with Crippen molar-refractivity contribution < 1.29 is 14.3 Å². The van der Waals surface area contributed by atoms with Crippen LogP contribution in [0.2, 0.25) is 0 Å². The quantitative estimate of drug-likeness (QED) is 0.455. The molecule has 0 amide bonds. The van der Waals surface area contributed by atoms with Gasteiger partial charge in [-0.15, -0.1) is 0 Å². The van der Waals surface area contributed by atoms with E-state index in [4.69, 9.17) is 9.47 Å². The summed E-state index contributed by atoms with van der Waals surface area (Å²) in [6, 6.07) is 18.4. The fourth-order valence-electron chi connectivity index (χ4n) is 4.52. The molecular weight excluding hydrogens is 300 g/mol. The fraction of sp³-hybridized carbons (Fsp3) is 0.286. The van der Waals surface area contributed by atoms with Gasteiger partial charge in [-0.3, -0.25) is 4.79 Å². The monoisotopic (exact) mass is 318 g/mol. The SMILES string of the molecule is O=C1Oc2ccccc2[C@H]2C3=C(COC3)[C@@H](c3ccccc3)C[C@@H]12. The van der Waals surface area contributed by atoms with E-state index in [0.717, 1.165) is 12.0 Å². The van der Waals surface area contributed by atoms with Crippen molar-refractivity contribution >= 4 is 5.97 Å². The molecule has 2 aliphatic heterocycles. The average Bonchev–Trinajstić information content (AvgIpc) is 3.11. The maximum atomic E-state index is 12.7. The molecule has 2 heterocycles. The molecule has 2 aromatic rings. The summed E-state index contributed by atoms with van der Waals surface area (Å²) in [5.74, 6) is 0.854. The molecule has 0 unspecified atom stereocenters. The topological polar surface area (TPSA) is 35.5 Å². The zero-order chi connectivity index (χ0) is 16.1. The van der Waals surface area contributed by atoms with Crippen LogP contribution in [-0.4, -0.2) is 19.2 Å². The van der Waals surface area contributed by atoms with Gasteiger partial charge < -0.3 is 9.47 Å². The number of fused-ring (bicyclic) bond motifs is 4. The highest BCUT2D eigenvalue weighted by atomic mass is 16.5. The number of para-hydroxylation sites is 1. The lowest BCUT2D eigenvalue weighted by Gasteiger charge is -2.39. The zero-order valence-corrected chi connectivity index (χ0v) is 13.3. The Morgan fingerprint density at radius 1 is 0.875 bits per heavy atom. The first-order valence-corrected chi connectivity index (χ1v) is 8.48. The summed E-state index contributed by atoms with van der Waals surface area (Å²) < 4.78 is 11.4. The van der Waals surface area contributed by atoms with Crippen molar-refractivity contribution in [3.63, 3.8) is 0 Å². The van der Waals surface area contributed by atoms with Crippen LogP contribution in [0.4, 0.5) is 0 Å². The Morgan fingerprint density at radius 2 is 1.62 bits per heavy atom. The van der Waals surface area contributed by atoms with Crippen LogP contribution in [0.15, 0.2) is 65.7 Å². The van der Waals surface area contributed by atoms with Crippen molar-refractivity contribution in [3.05, 3.63) is 76.9 Å². The first-order chi connectivity index (χ1) is 11.8. The molecule has 0 saturated carbocycles. The molecule has 3 aliphatic rings. The van der Waals surface area contributed by atoms with Crippen LogP contribution >= 0.6 is 0 Å². The van der Waals surface area contributed by atoms with Gasteiger partial charge in [0.05, 0.1) is 19.1 Å². The van der Waals surface area contributed by atoms with Crippen LogP contribution < -0.4 is 4.74 Å². The number of rotatable bonds is 1. The molecule has 3 atom stereocenters. The van der Waals surface area contributed by atoms with Crippen LogP contribution in [0, 0.1) is 5.92 Å². The lowest BCUT2D eigenvalue weighted by molar-refractivity contribution is -0.141. The summed E-state index contributed by atoms with van der Waals surface area (Å²) in [5, 5.41) is 0. The molecule has 3 nitrogen and oxygen atoms in total. The van der Waals surface area contributed by atoms with E-state index in [-0.39, 0.29) is 23.7 Å². The first kappa shape index (κ1) is 14.0. The van der Waals surface area contributed by atoms with Gasteiger partial charge >= 0.3 is 5.97 Å². The number of hydrogen-bond acceptors (Lipinski definition) is 3. The van der Waals surface area contributed by atoms with Crippen molar-refractivity contribution in [1.82, 2.24) is 0 Å². The smallest absolute Gasteiger partial charge is 0.315 e. The Balaban J connectivity index is 1.67. The summed E-state index contributed by atoms with van der Waals surface area (Å²) in [7, 11) is 0. The fourth-order valence-corrected chi connectivity index (χ4v) is 4.52. The summed E-state index contributed by atoms with van der Waals surface area (Å²) in [6.45, 7) is 1.30. The highest BCUT2D eigenvalue weighted by molar-refractivity contribution is 5.81. The van der Waals surface area contributed by atoms with Gasteiger partial charge in [-0.2, -0.15) is 0 Å². The Hall–Kier alpha value is -2.39. The number of ether oxygens (including phenoxy) is 2. The van der Waals surface area contributed by atoms with Gasteiger partial charge in [-0.25, -0.2) is 0 Å². The molecule has 120 valence electrons. The summed E-state index contributed by atoms with van der Waals surface area (Å²) in [5.41, 5.74) is 5.06. The minimum atomic E-state index is -0.120. The number of carbonyl (C=O) groups excluding carboxylic acids is 1. The summed E-state index contributed by atoms with van der Waals surface area (Å²) in [4.78, 5) is 12.7. The van der Waals surface area contributed by atoms with Gasteiger partial charge in [-0.05, 0) is 29.2 Å². The molecule has 3 heteroatoms. The average molecular weight is 318 g/mol. The van der Waals surface area contributed by atoms with Gasteiger partial charge in [0.15, 0.2) is 0 Å². The maximum Gasteiger partial charge on any atom is 0.315 e. The van der Waals surface area contributed by atoms with Crippen LogP contribution in [0.3, 0.4) is 0 Å². The number of carbonyl (C=O) groups is 1. The van der Waals surface area contributed by atoms with E-state index in [1.54, 1.807) is 0 Å². The molecule has 0 N–H and O–H groups in total. The highest BCUT2D eigenvalue weighted by Crippen LogP contribution is 2.53. The van der Waals surface area contributed by atoms with Gasteiger partial charge in [0.25, 0.3) is 0 Å². The minimum absolute atomic E-state index is 0.0990. The number of esters is 1. The Morgan fingerprint density at radius 3 is 2.50 bits per heavy atom. The van der Waals surface area contributed by atoms with Gasteiger partial charge in [-0.1, -0.05) is 48.5 Å². The predicted octanol–water partition coefficient (Wildman–Crippen LogP) is 3.82. The Kier molecular flexibility index (Phi) is 3.10. The second kappa shape index (κ2) is 5.32. The predicted molar refractivity (Wildman–Crippen MR) is 90.0 cm³/mol. The van der Waals surface area contributed by atoms with Crippen molar-refractivity contribution in [1.29, 1.82) is 0 Å². The summed E-state index contributed by atoms with van der Waals surface area (Å²) >= 11 is 0. The van der Waals surface area contributed by atoms with Crippen molar-refractivity contribution in [3.8, 4) is 5.75 Å². The molecular formula is C21H18O3. The van der Waals surface area contributed by atoms with E-state index in [2.05, 4.69) is 30.3 Å². The second-order valence-electron chi connectivity index (χ2n) is 6.79. The highest BCUT2D eigenvalue weighted by Gasteiger charge is 2.47.